The fourth-order valence-electron chi connectivity index (χ4n) is 4.11. The lowest BCUT2D eigenvalue weighted by atomic mass is 10.1. The fourth-order valence-corrected chi connectivity index (χ4v) is 4.11. The highest BCUT2D eigenvalue weighted by Crippen LogP contribution is 2.27. The van der Waals surface area contributed by atoms with E-state index in [0.717, 1.165) is 18.4 Å². The van der Waals surface area contributed by atoms with Gasteiger partial charge in [-0.3, -0.25) is 9.13 Å². The molecule has 10 nitrogen and oxygen atoms in total. The second-order valence-corrected chi connectivity index (χ2v) is 7.83. The lowest BCUT2D eigenvalue weighted by molar-refractivity contribution is 0.0695. The number of nitriles is 1. The summed E-state index contributed by atoms with van der Waals surface area (Å²) in [7, 11) is 1.73. The topological polar surface area (TPSA) is 116 Å². The standard InChI is InChI=1S/C22H22N8O2/c1-14-10-18(29-7-3-6-25-29)15(12-23)11-17(14)26-21-24-13-19-20(27-21)30(22(31)28(19)2)16-4-8-32-9-5-16/h3,6-7,10-11,13,16H,4-5,8-9H2,1-2H3,(H,24,26,27). The molecule has 1 aliphatic rings. The van der Waals surface area contributed by atoms with E-state index in [-0.39, 0.29) is 11.7 Å². The number of ether oxygens (including phenoxy) is 1. The number of fused-ring (bicyclic) bond motifs is 1. The molecule has 5 rings (SSSR count). The third-order valence-corrected chi connectivity index (χ3v) is 5.85. The van der Waals surface area contributed by atoms with Crippen molar-refractivity contribution in [2.24, 2.45) is 7.05 Å². The summed E-state index contributed by atoms with van der Waals surface area (Å²) in [5.41, 5.74) is 3.96. The second kappa shape index (κ2) is 7.94. The molecule has 0 aliphatic carbocycles. The molecule has 162 valence electrons. The highest BCUT2D eigenvalue weighted by Gasteiger charge is 2.23. The molecular formula is C22H22N8O2. The van der Waals surface area contributed by atoms with Crippen molar-refractivity contribution in [1.29, 1.82) is 5.26 Å². The zero-order chi connectivity index (χ0) is 22.2. The molecule has 4 heterocycles. The summed E-state index contributed by atoms with van der Waals surface area (Å²) >= 11 is 0. The lowest BCUT2D eigenvalue weighted by Crippen LogP contribution is -2.30. The minimum atomic E-state index is -0.107. The van der Waals surface area contributed by atoms with Gasteiger partial charge >= 0.3 is 5.69 Å². The minimum absolute atomic E-state index is 0.0444. The van der Waals surface area contributed by atoms with Gasteiger partial charge in [-0.1, -0.05) is 0 Å². The molecule has 10 heteroatoms. The van der Waals surface area contributed by atoms with Gasteiger partial charge in [-0.15, -0.1) is 0 Å². The molecule has 1 fully saturated rings. The number of anilines is 2. The largest absolute Gasteiger partial charge is 0.381 e. The Balaban J connectivity index is 1.55. The molecule has 0 amide bonds. The Morgan fingerprint density at radius 3 is 2.81 bits per heavy atom. The van der Waals surface area contributed by atoms with Crippen LogP contribution in [0.2, 0.25) is 0 Å². The molecular weight excluding hydrogens is 408 g/mol. The predicted octanol–water partition coefficient (Wildman–Crippen LogP) is 2.59. The number of hydrogen-bond donors (Lipinski definition) is 1. The first-order valence-corrected chi connectivity index (χ1v) is 10.4. The van der Waals surface area contributed by atoms with Gasteiger partial charge in [0.25, 0.3) is 0 Å². The Morgan fingerprint density at radius 1 is 1.28 bits per heavy atom. The van der Waals surface area contributed by atoms with Gasteiger partial charge in [-0.2, -0.15) is 15.3 Å². The van der Waals surface area contributed by atoms with Crippen LogP contribution in [-0.2, 0) is 11.8 Å². The molecule has 1 aliphatic heterocycles. The van der Waals surface area contributed by atoms with Crippen molar-refractivity contribution in [1.82, 2.24) is 28.9 Å². The maximum Gasteiger partial charge on any atom is 0.330 e. The van der Waals surface area contributed by atoms with Crippen LogP contribution in [0.1, 0.15) is 30.0 Å². The van der Waals surface area contributed by atoms with E-state index in [1.54, 1.807) is 45.5 Å². The van der Waals surface area contributed by atoms with Crippen LogP contribution in [-0.4, -0.2) is 42.1 Å². The van der Waals surface area contributed by atoms with Crippen LogP contribution in [0.5, 0.6) is 0 Å². The number of nitrogens with zero attached hydrogens (tertiary/aromatic N) is 7. The van der Waals surface area contributed by atoms with Gasteiger partial charge in [0.15, 0.2) is 5.65 Å². The van der Waals surface area contributed by atoms with Crippen molar-refractivity contribution in [3.63, 3.8) is 0 Å². The number of nitrogens with one attached hydrogen (secondary N) is 1. The van der Waals surface area contributed by atoms with E-state index in [9.17, 15) is 10.1 Å². The van der Waals surface area contributed by atoms with Crippen molar-refractivity contribution >= 4 is 22.8 Å². The van der Waals surface area contributed by atoms with E-state index in [0.29, 0.717) is 47.3 Å². The molecule has 1 saturated heterocycles. The molecule has 0 atom stereocenters. The van der Waals surface area contributed by atoms with Crippen LogP contribution >= 0.6 is 0 Å². The first-order chi connectivity index (χ1) is 15.6. The maximum atomic E-state index is 12.9. The first-order valence-electron chi connectivity index (χ1n) is 10.4. The summed E-state index contributed by atoms with van der Waals surface area (Å²) in [6, 6.07) is 7.74. The Morgan fingerprint density at radius 2 is 2.09 bits per heavy atom. The average Bonchev–Trinajstić information content (AvgIpc) is 3.43. The van der Waals surface area contributed by atoms with Crippen molar-refractivity contribution in [3.8, 4) is 11.8 Å². The van der Waals surface area contributed by atoms with E-state index in [4.69, 9.17) is 4.74 Å². The summed E-state index contributed by atoms with van der Waals surface area (Å²) in [6.07, 6.45) is 6.66. The van der Waals surface area contributed by atoms with Crippen molar-refractivity contribution < 1.29 is 4.74 Å². The predicted molar refractivity (Wildman–Crippen MR) is 118 cm³/mol. The van der Waals surface area contributed by atoms with E-state index < -0.39 is 0 Å². The molecule has 0 spiro atoms. The smallest absolute Gasteiger partial charge is 0.330 e. The number of imidazole rings is 1. The molecule has 1 aromatic carbocycles. The molecule has 0 unspecified atom stereocenters. The SMILES string of the molecule is Cc1cc(-n2cccn2)c(C#N)cc1Nc1ncc2c(n1)n(C1CCOCC1)c(=O)n2C. The van der Waals surface area contributed by atoms with E-state index in [2.05, 4.69) is 26.5 Å². The zero-order valence-corrected chi connectivity index (χ0v) is 17.8. The van der Waals surface area contributed by atoms with E-state index in [1.807, 2.05) is 19.1 Å². The maximum absolute atomic E-state index is 12.9. The van der Waals surface area contributed by atoms with Crippen LogP contribution in [0.4, 0.5) is 11.6 Å². The first kappa shape index (κ1) is 20.0. The summed E-state index contributed by atoms with van der Waals surface area (Å²) < 4.78 is 10.4. The molecule has 0 saturated carbocycles. The molecule has 4 aromatic rings. The number of aryl methyl sites for hydroxylation is 2. The van der Waals surface area contributed by atoms with Gasteiger partial charge in [0.05, 0.1) is 17.4 Å². The number of hydrogen-bond acceptors (Lipinski definition) is 7. The monoisotopic (exact) mass is 430 g/mol. The van der Waals surface area contributed by atoms with Gasteiger partial charge < -0.3 is 10.1 Å². The molecule has 1 N–H and O–H groups in total. The van der Waals surface area contributed by atoms with E-state index in [1.165, 1.54) is 0 Å². The molecule has 0 bridgehead atoms. The number of rotatable bonds is 4. The van der Waals surface area contributed by atoms with Crippen LogP contribution in [0.25, 0.3) is 16.9 Å². The van der Waals surface area contributed by atoms with Crippen LogP contribution < -0.4 is 11.0 Å². The van der Waals surface area contributed by atoms with Gasteiger partial charge in [0, 0.05) is 44.4 Å². The van der Waals surface area contributed by atoms with Crippen molar-refractivity contribution in [2.45, 2.75) is 25.8 Å². The Kier molecular flexibility index (Phi) is 4.95. The van der Waals surface area contributed by atoms with Crippen LogP contribution in [0.15, 0.2) is 41.6 Å². The highest BCUT2D eigenvalue weighted by atomic mass is 16.5. The molecule has 0 radical (unpaired) electrons. The molecule has 3 aromatic heterocycles. The summed E-state index contributed by atoms with van der Waals surface area (Å²) in [5, 5.41) is 17.1. The van der Waals surface area contributed by atoms with Crippen molar-refractivity contribution in [3.05, 3.63) is 58.4 Å². The number of aromatic nitrogens is 6. The highest BCUT2D eigenvalue weighted by molar-refractivity contribution is 5.74. The average molecular weight is 430 g/mol. The van der Waals surface area contributed by atoms with Crippen LogP contribution in [0.3, 0.4) is 0 Å². The normalized spacial score (nSPS) is 14.5. The third-order valence-electron chi connectivity index (χ3n) is 5.85. The van der Waals surface area contributed by atoms with Crippen molar-refractivity contribution in [2.75, 3.05) is 18.5 Å². The van der Waals surface area contributed by atoms with Gasteiger partial charge in [-0.25, -0.2) is 14.5 Å². The second-order valence-electron chi connectivity index (χ2n) is 7.83. The summed E-state index contributed by atoms with van der Waals surface area (Å²) in [4.78, 5) is 22.0. The van der Waals surface area contributed by atoms with Gasteiger partial charge in [0.1, 0.15) is 11.6 Å². The Hall–Kier alpha value is -3.97. The van der Waals surface area contributed by atoms with Crippen LogP contribution in [0, 0.1) is 18.3 Å². The van der Waals surface area contributed by atoms with Gasteiger partial charge in [0.2, 0.25) is 5.95 Å². The molecule has 32 heavy (non-hydrogen) atoms. The Bertz CT molecular complexity index is 1390. The quantitative estimate of drug-likeness (QED) is 0.529. The summed E-state index contributed by atoms with van der Waals surface area (Å²) in [5.74, 6) is 0.364. The summed E-state index contributed by atoms with van der Waals surface area (Å²) in [6.45, 7) is 3.19. The fraction of sp³-hybridized carbons (Fsp3) is 0.318. The number of benzene rings is 1. The lowest BCUT2D eigenvalue weighted by Gasteiger charge is -2.22. The zero-order valence-electron chi connectivity index (χ0n) is 17.8. The van der Waals surface area contributed by atoms with Gasteiger partial charge in [-0.05, 0) is 43.5 Å². The Labute approximate surface area is 183 Å². The minimum Gasteiger partial charge on any atom is -0.381 e. The third kappa shape index (κ3) is 3.33. The van der Waals surface area contributed by atoms with E-state index >= 15 is 0 Å².